The summed E-state index contributed by atoms with van der Waals surface area (Å²) in [6.07, 6.45) is 5.45. The summed E-state index contributed by atoms with van der Waals surface area (Å²) >= 11 is 0. The number of benzene rings is 1. The Labute approximate surface area is 154 Å². The second-order valence-electron chi connectivity index (χ2n) is 6.75. The fraction of sp³-hybridized carbons (Fsp3) is 0.316. The molecule has 0 saturated carbocycles. The summed E-state index contributed by atoms with van der Waals surface area (Å²) in [7, 11) is 0. The number of ether oxygens (including phenoxy) is 1. The SMILES string of the molecule is Fc1ccc2nc(N3CCC(COc4ccc5nccn5n4)CC3)oc2c1. The van der Waals surface area contributed by atoms with E-state index in [9.17, 15) is 4.39 Å². The Kier molecular flexibility index (Phi) is 3.88. The first-order valence-electron chi connectivity index (χ1n) is 8.99. The van der Waals surface area contributed by atoms with Crippen molar-refractivity contribution in [1.29, 1.82) is 0 Å². The Hall–Kier alpha value is -3.16. The van der Waals surface area contributed by atoms with E-state index in [1.165, 1.54) is 12.1 Å². The highest BCUT2D eigenvalue weighted by atomic mass is 19.1. The van der Waals surface area contributed by atoms with Crippen molar-refractivity contribution in [2.45, 2.75) is 12.8 Å². The van der Waals surface area contributed by atoms with E-state index in [1.807, 2.05) is 12.1 Å². The van der Waals surface area contributed by atoms with Crippen LogP contribution in [0.4, 0.5) is 10.4 Å². The Morgan fingerprint density at radius 3 is 2.96 bits per heavy atom. The molecule has 27 heavy (non-hydrogen) atoms. The van der Waals surface area contributed by atoms with Crippen LogP contribution in [-0.4, -0.2) is 39.3 Å². The molecule has 0 unspecified atom stereocenters. The van der Waals surface area contributed by atoms with E-state index in [0.29, 0.717) is 35.5 Å². The van der Waals surface area contributed by atoms with Crippen LogP contribution in [0, 0.1) is 11.7 Å². The summed E-state index contributed by atoms with van der Waals surface area (Å²) in [4.78, 5) is 10.7. The van der Waals surface area contributed by atoms with Crippen molar-refractivity contribution in [1.82, 2.24) is 19.6 Å². The van der Waals surface area contributed by atoms with Gasteiger partial charge in [-0.1, -0.05) is 0 Å². The number of piperidine rings is 1. The molecule has 1 aliphatic heterocycles. The molecule has 7 nitrogen and oxygen atoms in total. The lowest BCUT2D eigenvalue weighted by Gasteiger charge is -2.30. The molecular formula is C19H18FN5O2. The molecule has 0 aliphatic carbocycles. The highest BCUT2D eigenvalue weighted by Crippen LogP contribution is 2.27. The zero-order chi connectivity index (χ0) is 18.2. The molecule has 0 radical (unpaired) electrons. The van der Waals surface area contributed by atoms with Gasteiger partial charge in [-0.05, 0) is 37.0 Å². The van der Waals surface area contributed by atoms with Gasteiger partial charge in [-0.25, -0.2) is 13.9 Å². The minimum absolute atomic E-state index is 0.316. The highest BCUT2D eigenvalue weighted by Gasteiger charge is 2.23. The summed E-state index contributed by atoms with van der Waals surface area (Å²) < 4.78 is 26.6. The van der Waals surface area contributed by atoms with Crippen LogP contribution in [0.3, 0.4) is 0 Å². The van der Waals surface area contributed by atoms with Gasteiger partial charge in [0.1, 0.15) is 11.3 Å². The zero-order valence-electron chi connectivity index (χ0n) is 14.6. The van der Waals surface area contributed by atoms with Crippen molar-refractivity contribution in [2.24, 2.45) is 5.92 Å². The normalized spacial score (nSPS) is 15.7. The Balaban J connectivity index is 1.19. The minimum atomic E-state index is -0.316. The molecule has 1 saturated heterocycles. The van der Waals surface area contributed by atoms with E-state index in [1.54, 1.807) is 23.0 Å². The minimum Gasteiger partial charge on any atom is -0.476 e. The first-order valence-corrected chi connectivity index (χ1v) is 8.99. The lowest BCUT2D eigenvalue weighted by atomic mass is 9.98. The van der Waals surface area contributed by atoms with Gasteiger partial charge in [0.2, 0.25) is 5.88 Å². The van der Waals surface area contributed by atoms with Crippen LogP contribution < -0.4 is 9.64 Å². The number of aromatic nitrogens is 4. The number of hydrogen-bond donors (Lipinski definition) is 0. The van der Waals surface area contributed by atoms with Gasteiger partial charge in [0.15, 0.2) is 11.2 Å². The van der Waals surface area contributed by atoms with Crippen LogP contribution in [0.5, 0.6) is 5.88 Å². The highest BCUT2D eigenvalue weighted by molar-refractivity contribution is 5.74. The molecule has 4 aromatic rings. The second-order valence-corrected chi connectivity index (χ2v) is 6.75. The standard InChI is InChI=1S/C19H18FN5O2/c20-14-1-2-15-16(11-14)27-19(22-15)24-8-5-13(6-9-24)12-26-18-4-3-17-21-7-10-25(17)23-18/h1-4,7,10-11,13H,5-6,8-9,12H2. The molecule has 5 rings (SSSR count). The third-order valence-electron chi connectivity index (χ3n) is 4.92. The largest absolute Gasteiger partial charge is 0.476 e. The van der Waals surface area contributed by atoms with Gasteiger partial charge in [0, 0.05) is 37.6 Å². The van der Waals surface area contributed by atoms with Crippen molar-refractivity contribution < 1.29 is 13.5 Å². The summed E-state index contributed by atoms with van der Waals surface area (Å²) in [6, 6.07) is 8.70. The van der Waals surface area contributed by atoms with Gasteiger partial charge < -0.3 is 14.1 Å². The van der Waals surface area contributed by atoms with Crippen molar-refractivity contribution in [2.75, 3.05) is 24.6 Å². The van der Waals surface area contributed by atoms with E-state index in [2.05, 4.69) is 20.0 Å². The molecule has 1 aliphatic rings. The van der Waals surface area contributed by atoms with Gasteiger partial charge in [-0.3, -0.25) is 0 Å². The van der Waals surface area contributed by atoms with Crippen LogP contribution >= 0.6 is 0 Å². The first-order chi connectivity index (χ1) is 13.2. The topological polar surface area (TPSA) is 68.7 Å². The number of rotatable bonds is 4. The van der Waals surface area contributed by atoms with Gasteiger partial charge in [0.05, 0.1) is 6.61 Å². The van der Waals surface area contributed by atoms with Crippen molar-refractivity contribution in [3.63, 3.8) is 0 Å². The predicted molar refractivity (Wildman–Crippen MR) is 97.4 cm³/mol. The molecule has 4 heterocycles. The maximum absolute atomic E-state index is 13.3. The third kappa shape index (κ3) is 3.18. The first kappa shape index (κ1) is 16.0. The fourth-order valence-electron chi connectivity index (χ4n) is 3.39. The maximum atomic E-state index is 13.3. The van der Waals surface area contributed by atoms with Crippen LogP contribution in [-0.2, 0) is 0 Å². The zero-order valence-corrected chi connectivity index (χ0v) is 14.6. The van der Waals surface area contributed by atoms with E-state index < -0.39 is 0 Å². The van der Waals surface area contributed by atoms with Crippen molar-refractivity contribution in [3.8, 4) is 5.88 Å². The molecule has 0 spiro atoms. The third-order valence-corrected chi connectivity index (χ3v) is 4.92. The molecule has 1 fully saturated rings. The number of anilines is 1. The Morgan fingerprint density at radius 1 is 1.19 bits per heavy atom. The van der Waals surface area contributed by atoms with E-state index in [4.69, 9.17) is 9.15 Å². The molecule has 138 valence electrons. The average molecular weight is 367 g/mol. The number of hydrogen-bond acceptors (Lipinski definition) is 6. The van der Waals surface area contributed by atoms with E-state index in [0.717, 1.165) is 31.6 Å². The lowest BCUT2D eigenvalue weighted by Crippen LogP contribution is -2.35. The average Bonchev–Trinajstić information content (AvgIpc) is 3.32. The van der Waals surface area contributed by atoms with Crippen LogP contribution in [0.1, 0.15) is 12.8 Å². The monoisotopic (exact) mass is 367 g/mol. The number of fused-ring (bicyclic) bond motifs is 2. The van der Waals surface area contributed by atoms with Gasteiger partial charge in [0.25, 0.3) is 6.01 Å². The van der Waals surface area contributed by atoms with Crippen LogP contribution in [0.25, 0.3) is 16.7 Å². The Bertz CT molecular complexity index is 1080. The molecule has 0 atom stereocenters. The Morgan fingerprint density at radius 2 is 2.07 bits per heavy atom. The quantitative estimate of drug-likeness (QED) is 0.551. The van der Waals surface area contributed by atoms with E-state index in [-0.39, 0.29) is 5.82 Å². The second kappa shape index (κ2) is 6.53. The number of nitrogens with zero attached hydrogens (tertiary/aromatic N) is 5. The summed E-state index contributed by atoms with van der Waals surface area (Å²) in [5, 5.41) is 4.38. The predicted octanol–water partition coefficient (Wildman–Crippen LogP) is 3.31. The van der Waals surface area contributed by atoms with E-state index >= 15 is 0 Å². The summed E-state index contributed by atoms with van der Waals surface area (Å²) in [5.74, 6) is 0.732. The fourth-order valence-corrected chi connectivity index (χ4v) is 3.39. The van der Waals surface area contributed by atoms with Crippen LogP contribution in [0.2, 0.25) is 0 Å². The number of imidazole rings is 1. The lowest BCUT2D eigenvalue weighted by molar-refractivity contribution is 0.212. The number of halogens is 1. The molecular weight excluding hydrogens is 349 g/mol. The smallest absolute Gasteiger partial charge is 0.298 e. The molecule has 8 heteroatoms. The summed E-state index contributed by atoms with van der Waals surface area (Å²) in [6.45, 7) is 2.29. The molecule has 1 aromatic carbocycles. The maximum Gasteiger partial charge on any atom is 0.298 e. The molecule has 0 amide bonds. The molecule has 0 N–H and O–H groups in total. The molecule has 0 bridgehead atoms. The summed E-state index contributed by atoms with van der Waals surface area (Å²) in [5.41, 5.74) is 1.96. The van der Waals surface area contributed by atoms with Gasteiger partial charge in [-0.15, -0.1) is 5.10 Å². The molecule has 3 aromatic heterocycles. The van der Waals surface area contributed by atoms with Crippen LogP contribution in [0.15, 0.2) is 47.1 Å². The van der Waals surface area contributed by atoms with Gasteiger partial charge in [-0.2, -0.15) is 4.98 Å². The van der Waals surface area contributed by atoms with Crippen molar-refractivity contribution in [3.05, 3.63) is 48.5 Å². The van der Waals surface area contributed by atoms with Crippen molar-refractivity contribution >= 4 is 22.8 Å². The number of oxazole rings is 1. The van der Waals surface area contributed by atoms with Gasteiger partial charge >= 0.3 is 0 Å².